The summed E-state index contributed by atoms with van der Waals surface area (Å²) in [6.07, 6.45) is 29.4. The molecule has 3 rings (SSSR count). The molecule has 0 aromatic carbocycles. The zero-order valence-electron chi connectivity index (χ0n) is 32.2. The first-order valence-electron chi connectivity index (χ1n) is 19.8. The molecule has 46 heavy (non-hydrogen) atoms. The minimum Gasteiger partial charge on any atom is -0.310 e. The third-order valence-electron chi connectivity index (χ3n) is 12.4. The number of nitrogens with zero attached hydrogens (tertiary/aromatic N) is 2. The SMILES string of the molecule is CCCC(C)(C1=C(C)C[N+](C)=CCCC1CC)/C1=C/CC(C(C)CC)CC(C)CC(N(CC)CCCCNC2C=CC=CC2)C1C. The third-order valence-corrected chi connectivity index (χ3v) is 12.4. The van der Waals surface area contributed by atoms with Gasteiger partial charge in [0.2, 0.25) is 0 Å². The molecule has 8 unspecified atom stereocenters. The standard InChI is InChI=1S/C43H76N3/c1-11-26-43(9,42-35(7)32-45(10)28-20-21-37(42)13-3)40-25-24-38(34(6)12-2)30-33(5)31-41(36(40)8)46(14-4)29-19-18-27-44-39-22-16-15-17-23-39/h15-17,22,25,28,33-34,36-39,41,44H,11-14,18-21,23-24,26-27,29-32H2,1-10H3/q+1/b40-25+,42-35?,45-28?. The topological polar surface area (TPSA) is 18.3 Å². The van der Waals surface area contributed by atoms with Gasteiger partial charge in [-0.3, -0.25) is 0 Å². The lowest BCUT2D eigenvalue weighted by Gasteiger charge is -2.46. The van der Waals surface area contributed by atoms with Gasteiger partial charge in [0.15, 0.2) is 6.54 Å². The van der Waals surface area contributed by atoms with Crippen LogP contribution in [0.1, 0.15) is 139 Å². The van der Waals surface area contributed by atoms with Crippen LogP contribution < -0.4 is 5.32 Å². The largest absolute Gasteiger partial charge is 0.310 e. The summed E-state index contributed by atoms with van der Waals surface area (Å²) in [7, 11) is 2.29. The van der Waals surface area contributed by atoms with Crippen LogP contribution in [0.5, 0.6) is 0 Å². The Kier molecular flexibility index (Phi) is 16.5. The second kappa shape index (κ2) is 19.5. The summed E-state index contributed by atoms with van der Waals surface area (Å²) in [4.78, 5) is 2.91. The third kappa shape index (κ3) is 10.5. The van der Waals surface area contributed by atoms with E-state index in [1.165, 1.54) is 77.2 Å². The van der Waals surface area contributed by atoms with E-state index in [0.29, 0.717) is 23.9 Å². The van der Waals surface area contributed by atoms with Crippen molar-refractivity contribution >= 4 is 6.21 Å². The summed E-state index contributed by atoms with van der Waals surface area (Å²) in [5, 5.41) is 3.78. The van der Waals surface area contributed by atoms with Gasteiger partial charge in [-0.1, -0.05) is 110 Å². The molecule has 0 radical (unpaired) electrons. The quantitative estimate of drug-likeness (QED) is 0.110. The summed E-state index contributed by atoms with van der Waals surface area (Å²) >= 11 is 0. The van der Waals surface area contributed by atoms with Gasteiger partial charge in [-0.2, -0.15) is 0 Å². The highest BCUT2D eigenvalue weighted by atomic mass is 15.2. The lowest BCUT2D eigenvalue weighted by atomic mass is 9.61. The van der Waals surface area contributed by atoms with Crippen LogP contribution in [-0.4, -0.2) is 61.0 Å². The molecule has 3 nitrogen and oxygen atoms in total. The molecular weight excluding hydrogens is 558 g/mol. The molecule has 1 N–H and O–H groups in total. The van der Waals surface area contributed by atoms with Crippen LogP contribution in [-0.2, 0) is 0 Å². The molecule has 0 amide bonds. The van der Waals surface area contributed by atoms with E-state index < -0.39 is 0 Å². The van der Waals surface area contributed by atoms with Gasteiger partial charge in [-0.25, -0.2) is 4.58 Å². The Morgan fingerprint density at radius 2 is 1.85 bits per heavy atom. The fourth-order valence-corrected chi connectivity index (χ4v) is 9.78. The first-order valence-corrected chi connectivity index (χ1v) is 19.8. The molecule has 0 saturated heterocycles. The summed E-state index contributed by atoms with van der Waals surface area (Å²) in [5.74, 6) is 3.55. The lowest BCUT2D eigenvalue weighted by molar-refractivity contribution is -0.485. The lowest BCUT2D eigenvalue weighted by Crippen LogP contribution is -2.45. The Bertz CT molecular complexity index is 1060. The van der Waals surface area contributed by atoms with E-state index in [1.54, 1.807) is 11.1 Å². The monoisotopic (exact) mass is 635 g/mol. The highest BCUT2D eigenvalue weighted by Crippen LogP contribution is 2.52. The van der Waals surface area contributed by atoms with Crippen LogP contribution in [0.15, 0.2) is 47.1 Å². The summed E-state index contributed by atoms with van der Waals surface area (Å²) in [5.41, 5.74) is 5.36. The van der Waals surface area contributed by atoms with E-state index in [-0.39, 0.29) is 5.41 Å². The molecule has 1 heterocycles. The molecule has 1 aliphatic heterocycles. The number of hydrogen-bond acceptors (Lipinski definition) is 2. The van der Waals surface area contributed by atoms with Crippen LogP contribution in [0.2, 0.25) is 0 Å². The Labute approximate surface area is 287 Å². The second-order valence-corrected chi connectivity index (χ2v) is 16.0. The van der Waals surface area contributed by atoms with E-state index in [1.807, 2.05) is 5.57 Å². The van der Waals surface area contributed by atoms with E-state index in [2.05, 4.69) is 121 Å². The minimum atomic E-state index is 0.119. The molecular formula is C43H76N3+. The number of likely N-dealkylation sites (N-methyl/N-ethyl adjacent to an activating group) is 1. The van der Waals surface area contributed by atoms with Crippen molar-refractivity contribution in [3.8, 4) is 0 Å². The van der Waals surface area contributed by atoms with Crippen molar-refractivity contribution in [1.29, 1.82) is 0 Å². The van der Waals surface area contributed by atoms with Gasteiger partial charge in [0, 0.05) is 23.9 Å². The molecule has 0 aromatic heterocycles. The Balaban J connectivity index is 1.99. The van der Waals surface area contributed by atoms with Crippen molar-refractivity contribution in [2.24, 2.45) is 35.0 Å². The number of hydrogen-bond donors (Lipinski definition) is 1. The molecule has 0 saturated carbocycles. The molecule has 2 aliphatic carbocycles. The normalized spacial score (nSPS) is 31.2. The first kappa shape index (κ1) is 39.0. The number of nitrogens with one attached hydrogen (secondary N) is 1. The van der Waals surface area contributed by atoms with Gasteiger partial charge in [-0.05, 0) is 120 Å². The Morgan fingerprint density at radius 3 is 2.50 bits per heavy atom. The summed E-state index contributed by atoms with van der Waals surface area (Å²) in [6, 6.07) is 1.11. The fourth-order valence-electron chi connectivity index (χ4n) is 9.78. The van der Waals surface area contributed by atoms with Crippen LogP contribution in [0.4, 0.5) is 0 Å². The van der Waals surface area contributed by atoms with Crippen molar-refractivity contribution in [2.75, 3.05) is 33.2 Å². The first-order chi connectivity index (χ1) is 22.1. The maximum absolute atomic E-state index is 3.78. The van der Waals surface area contributed by atoms with Crippen molar-refractivity contribution in [3.63, 3.8) is 0 Å². The Morgan fingerprint density at radius 1 is 1.07 bits per heavy atom. The second-order valence-electron chi connectivity index (χ2n) is 16.0. The Hall–Kier alpha value is -1.45. The van der Waals surface area contributed by atoms with Crippen LogP contribution in [0.3, 0.4) is 0 Å². The van der Waals surface area contributed by atoms with Crippen LogP contribution in [0, 0.1) is 35.0 Å². The van der Waals surface area contributed by atoms with E-state index in [0.717, 1.165) is 43.8 Å². The van der Waals surface area contributed by atoms with Gasteiger partial charge in [0.1, 0.15) is 13.3 Å². The smallest absolute Gasteiger partial charge is 0.163 e. The zero-order chi connectivity index (χ0) is 33.7. The maximum Gasteiger partial charge on any atom is 0.163 e. The number of allylic oxidation sites excluding steroid dienone is 4. The van der Waals surface area contributed by atoms with E-state index in [9.17, 15) is 0 Å². The highest BCUT2D eigenvalue weighted by Gasteiger charge is 2.43. The molecule has 3 heteroatoms. The van der Waals surface area contributed by atoms with E-state index in [4.69, 9.17) is 0 Å². The molecule has 0 fully saturated rings. The number of rotatable bonds is 15. The molecule has 8 atom stereocenters. The molecule has 0 bridgehead atoms. The van der Waals surface area contributed by atoms with Gasteiger partial charge >= 0.3 is 0 Å². The van der Waals surface area contributed by atoms with Gasteiger partial charge in [0.25, 0.3) is 0 Å². The zero-order valence-corrected chi connectivity index (χ0v) is 32.2. The van der Waals surface area contributed by atoms with Crippen molar-refractivity contribution in [2.45, 2.75) is 151 Å². The molecule has 3 aliphatic rings. The highest BCUT2D eigenvalue weighted by molar-refractivity contribution is 5.52. The van der Waals surface area contributed by atoms with Crippen molar-refractivity contribution < 1.29 is 4.58 Å². The van der Waals surface area contributed by atoms with Crippen molar-refractivity contribution in [1.82, 2.24) is 10.2 Å². The minimum absolute atomic E-state index is 0.119. The average molecular weight is 635 g/mol. The molecule has 262 valence electrons. The van der Waals surface area contributed by atoms with Gasteiger partial charge in [-0.15, -0.1) is 0 Å². The van der Waals surface area contributed by atoms with Gasteiger partial charge < -0.3 is 10.2 Å². The van der Waals surface area contributed by atoms with Crippen LogP contribution >= 0.6 is 0 Å². The average Bonchev–Trinajstić information content (AvgIpc) is 3.09. The predicted molar refractivity (Wildman–Crippen MR) is 204 cm³/mol. The summed E-state index contributed by atoms with van der Waals surface area (Å²) < 4.78 is 2.47. The van der Waals surface area contributed by atoms with Crippen LogP contribution in [0.25, 0.3) is 0 Å². The summed E-state index contributed by atoms with van der Waals surface area (Å²) in [6.45, 7) is 27.2. The van der Waals surface area contributed by atoms with Gasteiger partial charge in [0.05, 0.1) is 0 Å². The predicted octanol–water partition coefficient (Wildman–Crippen LogP) is 10.6. The van der Waals surface area contributed by atoms with Crippen molar-refractivity contribution in [3.05, 3.63) is 47.1 Å². The maximum atomic E-state index is 3.78. The van der Waals surface area contributed by atoms with E-state index >= 15 is 0 Å². The molecule has 0 spiro atoms. The fraction of sp³-hybridized carbons (Fsp3) is 0.791. The number of unbranched alkanes of at least 4 members (excludes halogenated alkanes) is 1. The molecule has 0 aromatic rings.